The zero-order valence-corrected chi connectivity index (χ0v) is 11.4. The highest BCUT2D eigenvalue weighted by molar-refractivity contribution is 5.26. The van der Waals surface area contributed by atoms with Gasteiger partial charge in [0.25, 0.3) is 0 Å². The topological polar surface area (TPSA) is 63.0 Å². The van der Waals surface area contributed by atoms with Gasteiger partial charge in [0.1, 0.15) is 0 Å². The lowest BCUT2D eigenvalue weighted by molar-refractivity contribution is 0.481. The van der Waals surface area contributed by atoms with Gasteiger partial charge >= 0.3 is 6.01 Å². The van der Waals surface area contributed by atoms with Crippen LogP contribution in [0.3, 0.4) is 0 Å². The van der Waals surface area contributed by atoms with Crippen molar-refractivity contribution >= 4 is 6.01 Å². The maximum Gasteiger partial charge on any atom is 0.315 e. The molecule has 0 radical (unpaired) electrons. The van der Waals surface area contributed by atoms with Crippen LogP contribution < -0.4 is 10.6 Å². The minimum atomic E-state index is 0.465. The summed E-state index contributed by atoms with van der Waals surface area (Å²) in [5.74, 6) is 0.602. The van der Waals surface area contributed by atoms with E-state index in [0.717, 1.165) is 13.0 Å². The second-order valence-electron chi connectivity index (χ2n) is 4.30. The van der Waals surface area contributed by atoms with E-state index in [1.165, 1.54) is 11.1 Å². The molecule has 5 nitrogen and oxygen atoms in total. The van der Waals surface area contributed by atoms with Crippen molar-refractivity contribution in [3.05, 3.63) is 41.3 Å². The SMILES string of the molecule is CCNCc1nnc(NCc2ccc(CC)cc2)o1. The Labute approximate surface area is 113 Å². The van der Waals surface area contributed by atoms with Gasteiger partial charge in [-0.2, -0.15) is 0 Å². The van der Waals surface area contributed by atoms with Gasteiger partial charge in [0.2, 0.25) is 5.89 Å². The Balaban J connectivity index is 1.85. The Morgan fingerprint density at radius 2 is 1.74 bits per heavy atom. The molecule has 1 aromatic heterocycles. The van der Waals surface area contributed by atoms with Gasteiger partial charge in [0, 0.05) is 6.54 Å². The Bertz CT molecular complexity index is 492. The number of hydrogen-bond donors (Lipinski definition) is 2. The second-order valence-corrected chi connectivity index (χ2v) is 4.30. The molecule has 0 saturated heterocycles. The fourth-order valence-electron chi connectivity index (χ4n) is 1.70. The summed E-state index contributed by atoms with van der Waals surface area (Å²) in [6.45, 7) is 6.37. The molecule has 0 atom stereocenters. The summed E-state index contributed by atoms with van der Waals surface area (Å²) < 4.78 is 5.46. The van der Waals surface area contributed by atoms with E-state index in [2.05, 4.69) is 52.0 Å². The second kappa shape index (κ2) is 6.89. The number of nitrogens with one attached hydrogen (secondary N) is 2. The van der Waals surface area contributed by atoms with E-state index in [-0.39, 0.29) is 0 Å². The molecule has 0 saturated carbocycles. The van der Waals surface area contributed by atoms with Crippen LogP contribution in [0.2, 0.25) is 0 Å². The Hall–Kier alpha value is -1.88. The van der Waals surface area contributed by atoms with Crippen LogP contribution in [-0.2, 0) is 19.5 Å². The first-order valence-electron chi connectivity index (χ1n) is 6.66. The molecule has 2 aromatic rings. The summed E-state index contributed by atoms with van der Waals surface area (Å²) in [7, 11) is 0. The lowest BCUT2D eigenvalue weighted by Gasteiger charge is -2.03. The summed E-state index contributed by atoms with van der Waals surface area (Å²) in [6, 6.07) is 8.97. The molecule has 1 heterocycles. The van der Waals surface area contributed by atoms with E-state index in [4.69, 9.17) is 4.42 Å². The van der Waals surface area contributed by atoms with Gasteiger partial charge in [-0.05, 0) is 24.1 Å². The molecule has 102 valence electrons. The van der Waals surface area contributed by atoms with Crippen molar-refractivity contribution in [3.63, 3.8) is 0 Å². The summed E-state index contributed by atoms with van der Waals surface area (Å²) in [4.78, 5) is 0. The first-order chi connectivity index (χ1) is 9.31. The van der Waals surface area contributed by atoms with Gasteiger partial charge in [-0.1, -0.05) is 43.2 Å². The standard InChI is InChI=1S/C14H20N4O/c1-3-11-5-7-12(8-6-11)9-16-14-18-17-13(19-14)10-15-4-2/h5-8,15H,3-4,9-10H2,1-2H3,(H,16,18). The normalized spacial score (nSPS) is 10.6. The molecule has 2 N–H and O–H groups in total. The molecular formula is C14H20N4O. The third kappa shape index (κ3) is 4.06. The van der Waals surface area contributed by atoms with Crippen molar-refractivity contribution in [3.8, 4) is 0 Å². The van der Waals surface area contributed by atoms with Gasteiger partial charge in [-0.25, -0.2) is 0 Å². The Morgan fingerprint density at radius 3 is 2.42 bits per heavy atom. The number of benzene rings is 1. The minimum Gasteiger partial charge on any atom is -0.407 e. The van der Waals surface area contributed by atoms with E-state index in [0.29, 0.717) is 25.0 Å². The van der Waals surface area contributed by atoms with Crippen LogP contribution in [0.5, 0.6) is 0 Å². The van der Waals surface area contributed by atoms with Gasteiger partial charge in [0.15, 0.2) is 0 Å². The van der Waals surface area contributed by atoms with Gasteiger partial charge < -0.3 is 15.1 Å². The van der Waals surface area contributed by atoms with Crippen LogP contribution >= 0.6 is 0 Å². The first kappa shape index (κ1) is 13.5. The zero-order chi connectivity index (χ0) is 13.5. The number of nitrogens with zero attached hydrogens (tertiary/aromatic N) is 2. The smallest absolute Gasteiger partial charge is 0.315 e. The van der Waals surface area contributed by atoms with Crippen molar-refractivity contribution in [2.75, 3.05) is 11.9 Å². The summed E-state index contributed by atoms with van der Waals surface area (Å²) in [6.07, 6.45) is 1.06. The first-order valence-corrected chi connectivity index (χ1v) is 6.66. The highest BCUT2D eigenvalue weighted by Gasteiger charge is 2.04. The number of anilines is 1. The Kier molecular flexibility index (Phi) is 4.92. The number of aryl methyl sites for hydroxylation is 1. The third-order valence-electron chi connectivity index (χ3n) is 2.87. The fraction of sp³-hybridized carbons (Fsp3) is 0.429. The summed E-state index contributed by atoms with van der Waals surface area (Å²) in [5.41, 5.74) is 2.54. The van der Waals surface area contributed by atoms with E-state index < -0.39 is 0 Å². The van der Waals surface area contributed by atoms with Crippen LogP contribution in [-0.4, -0.2) is 16.7 Å². The van der Waals surface area contributed by atoms with E-state index >= 15 is 0 Å². The zero-order valence-electron chi connectivity index (χ0n) is 11.4. The molecule has 0 fully saturated rings. The molecule has 2 rings (SSSR count). The van der Waals surface area contributed by atoms with E-state index in [1.54, 1.807) is 0 Å². The average Bonchev–Trinajstić information content (AvgIpc) is 2.91. The number of rotatable bonds is 7. The largest absolute Gasteiger partial charge is 0.407 e. The molecule has 0 aliphatic heterocycles. The van der Waals surface area contributed by atoms with Gasteiger partial charge in [-0.3, -0.25) is 0 Å². The molecular weight excluding hydrogens is 240 g/mol. The fourth-order valence-corrected chi connectivity index (χ4v) is 1.70. The summed E-state index contributed by atoms with van der Waals surface area (Å²) >= 11 is 0. The summed E-state index contributed by atoms with van der Waals surface area (Å²) in [5, 5.41) is 14.2. The maximum atomic E-state index is 5.46. The van der Waals surface area contributed by atoms with E-state index in [9.17, 15) is 0 Å². The van der Waals surface area contributed by atoms with Crippen molar-refractivity contribution in [1.82, 2.24) is 15.5 Å². The molecule has 0 unspecified atom stereocenters. The third-order valence-corrected chi connectivity index (χ3v) is 2.87. The maximum absolute atomic E-state index is 5.46. The van der Waals surface area contributed by atoms with E-state index in [1.807, 2.05) is 6.92 Å². The van der Waals surface area contributed by atoms with Gasteiger partial charge in [-0.15, -0.1) is 5.10 Å². The monoisotopic (exact) mass is 260 g/mol. The lowest BCUT2D eigenvalue weighted by atomic mass is 10.1. The molecule has 0 spiro atoms. The molecule has 0 bridgehead atoms. The number of hydrogen-bond acceptors (Lipinski definition) is 5. The van der Waals surface area contributed by atoms with Crippen LogP contribution in [0, 0.1) is 0 Å². The van der Waals surface area contributed by atoms with Crippen LogP contribution in [0.4, 0.5) is 6.01 Å². The molecule has 0 aliphatic rings. The molecule has 5 heteroatoms. The Morgan fingerprint density at radius 1 is 1.00 bits per heavy atom. The molecule has 0 aliphatic carbocycles. The van der Waals surface area contributed by atoms with Gasteiger partial charge in [0.05, 0.1) is 6.54 Å². The van der Waals surface area contributed by atoms with Crippen molar-refractivity contribution < 1.29 is 4.42 Å². The molecule has 1 aromatic carbocycles. The quantitative estimate of drug-likeness (QED) is 0.800. The van der Waals surface area contributed by atoms with Crippen LogP contribution in [0.25, 0.3) is 0 Å². The van der Waals surface area contributed by atoms with Crippen LogP contribution in [0.1, 0.15) is 30.9 Å². The van der Waals surface area contributed by atoms with Crippen molar-refractivity contribution in [2.45, 2.75) is 33.4 Å². The highest BCUT2D eigenvalue weighted by Crippen LogP contribution is 2.09. The predicted octanol–water partition coefficient (Wildman–Crippen LogP) is 2.35. The van der Waals surface area contributed by atoms with Crippen molar-refractivity contribution in [1.29, 1.82) is 0 Å². The average molecular weight is 260 g/mol. The number of aromatic nitrogens is 2. The molecule has 19 heavy (non-hydrogen) atoms. The highest BCUT2D eigenvalue weighted by atomic mass is 16.4. The molecule has 0 amide bonds. The van der Waals surface area contributed by atoms with Crippen LogP contribution in [0.15, 0.2) is 28.7 Å². The minimum absolute atomic E-state index is 0.465. The van der Waals surface area contributed by atoms with Crippen molar-refractivity contribution in [2.24, 2.45) is 0 Å². The predicted molar refractivity (Wildman–Crippen MR) is 74.8 cm³/mol. The lowest BCUT2D eigenvalue weighted by Crippen LogP contribution is -2.11.